The van der Waals surface area contributed by atoms with Gasteiger partial charge in [-0.05, 0) is 61.3 Å². The fourth-order valence-corrected chi connectivity index (χ4v) is 5.08. The summed E-state index contributed by atoms with van der Waals surface area (Å²) in [4.78, 5) is 18.2. The van der Waals surface area contributed by atoms with Crippen molar-refractivity contribution in [2.24, 2.45) is 0 Å². The van der Waals surface area contributed by atoms with Crippen LogP contribution in [0.5, 0.6) is 0 Å². The van der Waals surface area contributed by atoms with E-state index in [4.69, 9.17) is 4.74 Å². The molecule has 4 aromatic rings. The lowest BCUT2D eigenvalue weighted by Gasteiger charge is -2.16. The normalized spacial score (nSPS) is 15.4. The Labute approximate surface area is 214 Å². The molecule has 1 saturated heterocycles. The first-order valence-electron chi connectivity index (χ1n) is 12.1. The van der Waals surface area contributed by atoms with Crippen LogP contribution in [0.4, 0.5) is 23.0 Å². The first-order valence-corrected chi connectivity index (χ1v) is 13.3. The highest BCUT2D eigenvalue weighted by atomic mass is 32.2. The molecule has 5 rings (SSSR count). The smallest absolute Gasteiger partial charge is 0.181 e. The first-order chi connectivity index (χ1) is 17.4. The molecule has 3 N–H and O–H groups in total. The molecule has 0 radical (unpaired) electrons. The maximum atomic E-state index is 9.56. The molecular weight excluding hydrogens is 470 g/mol. The third-order valence-corrected chi connectivity index (χ3v) is 7.06. The number of hydrogen-bond acceptors (Lipinski definition) is 8. The minimum absolute atomic E-state index is 0.177. The van der Waals surface area contributed by atoms with Gasteiger partial charge in [0.2, 0.25) is 0 Å². The van der Waals surface area contributed by atoms with E-state index in [9.17, 15) is 5.26 Å². The summed E-state index contributed by atoms with van der Waals surface area (Å²) in [6.07, 6.45) is 4.42. The fourth-order valence-electron chi connectivity index (χ4n) is 4.49. The van der Waals surface area contributed by atoms with Gasteiger partial charge < -0.3 is 20.4 Å². The van der Waals surface area contributed by atoms with Gasteiger partial charge in [-0.25, -0.2) is 15.0 Å². The lowest BCUT2D eigenvalue weighted by Crippen LogP contribution is -2.03. The molecule has 3 aromatic heterocycles. The van der Waals surface area contributed by atoms with E-state index >= 15 is 0 Å². The van der Waals surface area contributed by atoms with Crippen molar-refractivity contribution in [3.8, 4) is 6.07 Å². The lowest BCUT2D eigenvalue weighted by molar-refractivity contribution is 0.112. The van der Waals surface area contributed by atoms with Gasteiger partial charge in [0.15, 0.2) is 5.65 Å². The molecule has 0 unspecified atom stereocenters. The van der Waals surface area contributed by atoms with E-state index in [1.807, 2.05) is 25.1 Å². The highest BCUT2D eigenvalue weighted by Crippen LogP contribution is 2.37. The molecule has 9 heteroatoms. The summed E-state index contributed by atoms with van der Waals surface area (Å²) in [5.41, 5.74) is 5.83. The van der Waals surface area contributed by atoms with Crippen LogP contribution in [0.15, 0.2) is 41.3 Å². The number of fused-ring (bicyclic) bond motifs is 1. The number of thioether (sulfide) groups is 1. The van der Waals surface area contributed by atoms with Crippen LogP contribution in [-0.2, 0) is 4.74 Å². The fraction of sp³-hybridized carbons (Fsp3) is 0.333. The molecule has 1 aromatic carbocycles. The van der Waals surface area contributed by atoms with Crippen molar-refractivity contribution < 1.29 is 4.74 Å². The highest BCUT2D eigenvalue weighted by molar-refractivity contribution is 7.98. The van der Waals surface area contributed by atoms with Gasteiger partial charge in [-0.2, -0.15) is 5.26 Å². The molecule has 1 aliphatic rings. The molecule has 0 amide bonds. The number of aromatic amines is 1. The van der Waals surface area contributed by atoms with E-state index < -0.39 is 0 Å². The zero-order valence-corrected chi connectivity index (χ0v) is 21.7. The number of benzene rings is 1. The highest BCUT2D eigenvalue weighted by Gasteiger charge is 2.19. The Morgan fingerprint density at radius 2 is 1.94 bits per heavy atom. The molecule has 0 spiro atoms. The largest absolute Gasteiger partial charge is 0.374 e. The van der Waals surface area contributed by atoms with Gasteiger partial charge in [0.05, 0.1) is 17.5 Å². The standard InChI is InChI=1S/C27H29N7OS/c1-15(2)18-8-10-24(32-21(18)14-28)33-25-13-20(26-27(34-25)30-16(3)29-26)31-19-9-7-17(12-23(19)36-4)22-6-5-11-35-22/h7-10,12-13,15,22H,5-6,11H2,1-4H3,(H3,29,30,31,32,33,34)/t22-/m1/s1. The van der Waals surface area contributed by atoms with Crippen molar-refractivity contribution in [3.05, 3.63) is 59.0 Å². The Morgan fingerprint density at radius 1 is 1.08 bits per heavy atom. The van der Waals surface area contributed by atoms with Crippen LogP contribution in [-0.4, -0.2) is 32.8 Å². The predicted molar refractivity (Wildman–Crippen MR) is 144 cm³/mol. The van der Waals surface area contributed by atoms with Gasteiger partial charge in [-0.1, -0.05) is 26.0 Å². The molecule has 8 nitrogen and oxygen atoms in total. The summed E-state index contributed by atoms with van der Waals surface area (Å²) in [5.74, 6) is 2.15. The Balaban J connectivity index is 1.49. The van der Waals surface area contributed by atoms with E-state index in [0.717, 1.165) is 52.6 Å². The van der Waals surface area contributed by atoms with Crippen molar-refractivity contribution in [1.82, 2.24) is 19.9 Å². The summed E-state index contributed by atoms with van der Waals surface area (Å²) < 4.78 is 5.88. The molecule has 0 bridgehead atoms. The molecule has 1 fully saturated rings. The average Bonchev–Trinajstić information content (AvgIpc) is 3.53. The van der Waals surface area contributed by atoms with Crippen molar-refractivity contribution in [3.63, 3.8) is 0 Å². The molecule has 1 atom stereocenters. The molecule has 184 valence electrons. The minimum Gasteiger partial charge on any atom is -0.374 e. The maximum Gasteiger partial charge on any atom is 0.181 e. The van der Waals surface area contributed by atoms with Gasteiger partial charge in [0, 0.05) is 17.6 Å². The number of anilines is 4. The van der Waals surface area contributed by atoms with Crippen LogP contribution in [0, 0.1) is 18.3 Å². The second-order valence-electron chi connectivity index (χ2n) is 9.19. The monoisotopic (exact) mass is 499 g/mol. The van der Waals surface area contributed by atoms with Gasteiger partial charge in [-0.15, -0.1) is 11.8 Å². The van der Waals surface area contributed by atoms with Crippen molar-refractivity contribution in [2.75, 3.05) is 23.5 Å². The summed E-state index contributed by atoms with van der Waals surface area (Å²) in [5, 5.41) is 16.4. The molecule has 1 aliphatic heterocycles. The van der Waals surface area contributed by atoms with Gasteiger partial charge in [0.1, 0.15) is 34.7 Å². The van der Waals surface area contributed by atoms with Crippen LogP contribution >= 0.6 is 11.8 Å². The SMILES string of the molecule is CSc1cc([C@H]2CCCO2)ccc1Nc1cc(Nc2ccc(C(C)C)c(C#N)n2)nc2nc(C)[nH]c12. The topological polar surface area (TPSA) is 112 Å². The lowest BCUT2D eigenvalue weighted by atomic mass is 10.0. The number of imidazole rings is 1. The van der Waals surface area contributed by atoms with Crippen LogP contribution in [0.2, 0.25) is 0 Å². The van der Waals surface area contributed by atoms with Gasteiger partial charge in [-0.3, -0.25) is 0 Å². The number of H-pyrrole nitrogens is 1. The Bertz CT molecular complexity index is 1450. The number of nitrogens with zero attached hydrogens (tertiary/aromatic N) is 4. The number of rotatable bonds is 7. The Hall–Kier alpha value is -3.61. The van der Waals surface area contributed by atoms with E-state index in [0.29, 0.717) is 23.0 Å². The number of nitrogens with one attached hydrogen (secondary N) is 3. The number of aromatic nitrogens is 4. The molecule has 0 aliphatic carbocycles. The number of aryl methyl sites for hydroxylation is 1. The molecule has 4 heterocycles. The third-order valence-electron chi connectivity index (χ3n) is 6.29. The van der Waals surface area contributed by atoms with Crippen molar-refractivity contribution in [2.45, 2.75) is 50.5 Å². The van der Waals surface area contributed by atoms with E-state index in [2.05, 4.69) is 74.9 Å². The predicted octanol–water partition coefficient (Wildman–Crippen LogP) is 6.72. The quantitative estimate of drug-likeness (QED) is 0.240. The van der Waals surface area contributed by atoms with Crippen LogP contribution in [0.3, 0.4) is 0 Å². The minimum atomic E-state index is 0.177. The number of nitriles is 1. The first kappa shape index (κ1) is 24.1. The zero-order valence-electron chi connectivity index (χ0n) is 20.8. The number of pyridine rings is 2. The van der Waals surface area contributed by atoms with E-state index in [1.54, 1.807) is 11.8 Å². The summed E-state index contributed by atoms with van der Waals surface area (Å²) in [6, 6.07) is 14.4. The van der Waals surface area contributed by atoms with E-state index in [-0.39, 0.29) is 12.0 Å². The Morgan fingerprint density at radius 3 is 2.67 bits per heavy atom. The maximum absolute atomic E-state index is 9.56. The van der Waals surface area contributed by atoms with Crippen LogP contribution < -0.4 is 10.6 Å². The summed E-state index contributed by atoms with van der Waals surface area (Å²) >= 11 is 1.70. The number of ether oxygens (including phenoxy) is 1. The molecular formula is C27H29N7OS. The summed E-state index contributed by atoms with van der Waals surface area (Å²) in [6.45, 7) is 6.84. The Kier molecular flexibility index (Phi) is 6.81. The average molecular weight is 500 g/mol. The zero-order chi connectivity index (χ0) is 25.2. The number of hydrogen-bond donors (Lipinski definition) is 3. The van der Waals surface area contributed by atoms with Crippen LogP contribution in [0.25, 0.3) is 11.2 Å². The van der Waals surface area contributed by atoms with E-state index in [1.165, 1.54) is 5.56 Å². The summed E-state index contributed by atoms with van der Waals surface area (Å²) in [7, 11) is 0. The van der Waals surface area contributed by atoms with Crippen molar-refractivity contribution in [1.29, 1.82) is 5.26 Å². The van der Waals surface area contributed by atoms with Crippen molar-refractivity contribution >= 4 is 45.9 Å². The molecule has 0 saturated carbocycles. The van der Waals surface area contributed by atoms with Crippen LogP contribution in [0.1, 0.15) is 61.4 Å². The second-order valence-corrected chi connectivity index (χ2v) is 10.0. The van der Waals surface area contributed by atoms with Gasteiger partial charge in [0.25, 0.3) is 0 Å². The third kappa shape index (κ3) is 4.87. The second kappa shape index (κ2) is 10.2. The molecule has 36 heavy (non-hydrogen) atoms. The van der Waals surface area contributed by atoms with Gasteiger partial charge >= 0.3 is 0 Å².